The van der Waals surface area contributed by atoms with Gasteiger partial charge < -0.3 is 9.84 Å². The summed E-state index contributed by atoms with van der Waals surface area (Å²) in [5.74, 6) is -1.66. The van der Waals surface area contributed by atoms with Gasteiger partial charge in [0.2, 0.25) is 0 Å². The summed E-state index contributed by atoms with van der Waals surface area (Å²) in [4.78, 5) is 23.7. The van der Waals surface area contributed by atoms with E-state index in [9.17, 15) is 14.0 Å². The summed E-state index contributed by atoms with van der Waals surface area (Å²) in [6.45, 7) is 1.00. The van der Waals surface area contributed by atoms with Crippen molar-refractivity contribution in [3.8, 4) is 0 Å². The summed E-state index contributed by atoms with van der Waals surface area (Å²) >= 11 is 0. The Labute approximate surface area is 103 Å². The monoisotopic (exact) mass is 253 g/mol. The van der Waals surface area contributed by atoms with E-state index in [1.54, 1.807) is 6.07 Å². The summed E-state index contributed by atoms with van der Waals surface area (Å²) in [6, 6.07) is 5.91. The second-order valence-corrected chi connectivity index (χ2v) is 4.31. The highest BCUT2D eigenvalue weighted by Crippen LogP contribution is 2.27. The SMILES string of the molecule is CC1(C(=O)O)COC(=O)N1Cc1ccccc1F. The Kier molecular flexibility index (Phi) is 2.94. The molecule has 0 aliphatic carbocycles. The number of cyclic esters (lactones) is 1. The summed E-state index contributed by atoms with van der Waals surface area (Å²) in [5.41, 5.74) is -1.21. The second-order valence-electron chi connectivity index (χ2n) is 4.31. The number of carbonyl (C=O) groups is 2. The Balaban J connectivity index is 2.29. The molecule has 6 heteroatoms. The van der Waals surface area contributed by atoms with Crippen LogP contribution in [0.15, 0.2) is 24.3 Å². The van der Waals surface area contributed by atoms with Crippen LogP contribution in [0.5, 0.6) is 0 Å². The van der Waals surface area contributed by atoms with E-state index < -0.39 is 23.4 Å². The average molecular weight is 253 g/mol. The normalized spacial score (nSPS) is 23.0. The van der Waals surface area contributed by atoms with E-state index in [4.69, 9.17) is 9.84 Å². The highest BCUT2D eigenvalue weighted by molar-refractivity contribution is 5.86. The third kappa shape index (κ3) is 1.90. The number of halogens is 1. The molecule has 1 amide bonds. The molecule has 0 spiro atoms. The number of benzene rings is 1. The molecule has 0 radical (unpaired) electrons. The fourth-order valence-electron chi connectivity index (χ4n) is 1.77. The van der Waals surface area contributed by atoms with Crippen LogP contribution in [0.1, 0.15) is 12.5 Å². The first-order valence-corrected chi connectivity index (χ1v) is 5.36. The predicted octanol–water partition coefficient (Wildman–Crippen LogP) is 1.62. The molecule has 1 fully saturated rings. The van der Waals surface area contributed by atoms with Crippen molar-refractivity contribution >= 4 is 12.1 Å². The smallest absolute Gasteiger partial charge is 0.411 e. The van der Waals surface area contributed by atoms with Crippen molar-refractivity contribution in [1.29, 1.82) is 0 Å². The van der Waals surface area contributed by atoms with Gasteiger partial charge in [-0.2, -0.15) is 0 Å². The minimum absolute atomic E-state index is 0.131. The van der Waals surface area contributed by atoms with Gasteiger partial charge in [0.15, 0.2) is 5.54 Å². The first kappa shape index (κ1) is 12.3. The van der Waals surface area contributed by atoms with Gasteiger partial charge in [0.25, 0.3) is 0 Å². The molecule has 5 nitrogen and oxygen atoms in total. The van der Waals surface area contributed by atoms with Crippen molar-refractivity contribution < 1.29 is 23.8 Å². The van der Waals surface area contributed by atoms with Crippen molar-refractivity contribution in [3.63, 3.8) is 0 Å². The minimum Gasteiger partial charge on any atom is -0.479 e. The molecule has 1 aromatic carbocycles. The van der Waals surface area contributed by atoms with E-state index >= 15 is 0 Å². The number of hydrogen-bond acceptors (Lipinski definition) is 3. The van der Waals surface area contributed by atoms with Crippen LogP contribution in [0, 0.1) is 5.82 Å². The fourth-order valence-corrected chi connectivity index (χ4v) is 1.77. The molecule has 0 aromatic heterocycles. The molecular formula is C12H12FNO4. The number of ether oxygens (including phenoxy) is 1. The molecule has 1 aliphatic rings. The van der Waals surface area contributed by atoms with Crippen molar-refractivity contribution in [2.24, 2.45) is 0 Å². The highest BCUT2D eigenvalue weighted by atomic mass is 19.1. The first-order chi connectivity index (χ1) is 8.45. The Morgan fingerprint density at radius 1 is 1.56 bits per heavy atom. The summed E-state index contributed by atoms with van der Waals surface area (Å²) in [7, 11) is 0. The third-order valence-corrected chi connectivity index (χ3v) is 3.04. The van der Waals surface area contributed by atoms with Crippen LogP contribution in [0.25, 0.3) is 0 Å². The molecule has 1 heterocycles. The lowest BCUT2D eigenvalue weighted by Gasteiger charge is -2.27. The Hall–Kier alpha value is -2.11. The van der Waals surface area contributed by atoms with Crippen LogP contribution in [0.3, 0.4) is 0 Å². The van der Waals surface area contributed by atoms with E-state index in [1.165, 1.54) is 25.1 Å². The molecule has 1 aliphatic heterocycles. The summed E-state index contributed by atoms with van der Waals surface area (Å²) in [5, 5.41) is 9.14. The van der Waals surface area contributed by atoms with Gasteiger partial charge in [0.1, 0.15) is 12.4 Å². The van der Waals surface area contributed by atoms with Crippen LogP contribution in [-0.2, 0) is 16.1 Å². The van der Waals surface area contributed by atoms with E-state index in [0.717, 1.165) is 4.90 Å². The van der Waals surface area contributed by atoms with Gasteiger partial charge in [-0.05, 0) is 13.0 Å². The summed E-state index contributed by atoms with van der Waals surface area (Å²) < 4.78 is 18.2. The number of rotatable bonds is 3. The summed E-state index contributed by atoms with van der Waals surface area (Å²) in [6.07, 6.45) is -0.747. The molecule has 1 saturated heterocycles. The Morgan fingerprint density at radius 3 is 2.83 bits per heavy atom. The number of hydrogen-bond donors (Lipinski definition) is 1. The minimum atomic E-state index is -1.46. The first-order valence-electron chi connectivity index (χ1n) is 5.36. The van der Waals surface area contributed by atoms with E-state index in [0.29, 0.717) is 0 Å². The molecule has 1 aromatic rings. The Bertz CT molecular complexity index is 505. The lowest BCUT2D eigenvalue weighted by Crippen LogP contribution is -2.50. The lowest BCUT2D eigenvalue weighted by molar-refractivity contribution is -0.147. The molecule has 18 heavy (non-hydrogen) atoms. The molecule has 0 bridgehead atoms. The van der Waals surface area contributed by atoms with Gasteiger partial charge in [0.05, 0.1) is 6.54 Å². The number of nitrogens with zero attached hydrogens (tertiary/aromatic N) is 1. The molecule has 1 atom stereocenters. The molecule has 0 saturated carbocycles. The van der Waals surface area contributed by atoms with Gasteiger partial charge in [-0.3, -0.25) is 4.90 Å². The van der Waals surface area contributed by atoms with Gasteiger partial charge in [-0.15, -0.1) is 0 Å². The van der Waals surface area contributed by atoms with Crippen LogP contribution < -0.4 is 0 Å². The predicted molar refractivity (Wildman–Crippen MR) is 59.3 cm³/mol. The van der Waals surface area contributed by atoms with Crippen LogP contribution in [-0.4, -0.2) is 34.2 Å². The van der Waals surface area contributed by atoms with Crippen LogP contribution >= 0.6 is 0 Å². The standard InChI is InChI=1S/C12H12FNO4/c1-12(10(15)16)7-18-11(17)14(12)6-8-4-2-3-5-9(8)13/h2-5H,6-7H2,1H3,(H,15,16). The lowest BCUT2D eigenvalue weighted by atomic mass is 10.0. The molecular weight excluding hydrogens is 241 g/mol. The van der Waals surface area contributed by atoms with Crippen molar-refractivity contribution in [2.75, 3.05) is 6.61 Å². The number of amides is 1. The topological polar surface area (TPSA) is 66.8 Å². The van der Waals surface area contributed by atoms with Gasteiger partial charge in [-0.1, -0.05) is 18.2 Å². The largest absolute Gasteiger partial charge is 0.479 e. The molecule has 1 N–H and O–H groups in total. The van der Waals surface area contributed by atoms with Crippen molar-refractivity contribution in [2.45, 2.75) is 19.0 Å². The van der Waals surface area contributed by atoms with Crippen LogP contribution in [0.4, 0.5) is 9.18 Å². The molecule has 96 valence electrons. The van der Waals surface area contributed by atoms with Gasteiger partial charge in [0, 0.05) is 5.56 Å². The number of aliphatic carboxylic acids is 1. The van der Waals surface area contributed by atoms with E-state index in [-0.39, 0.29) is 18.7 Å². The number of carboxylic acid groups (broad SMARTS) is 1. The second kappa shape index (κ2) is 4.29. The molecule has 2 rings (SSSR count). The van der Waals surface area contributed by atoms with E-state index in [1.807, 2.05) is 0 Å². The fraction of sp³-hybridized carbons (Fsp3) is 0.333. The average Bonchev–Trinajstić information content (AvgIpc) is 2.61. The maximum atomic E-state index is 13.5. The molecule has 1 unspecified atom stereocenters. The quantitative estimate of drug-likeness (QED) is 0.888. The zero-order valence-corrected chi connectivity index (χ0v) is 9.72. The van der Waals surface area contributed by atoms with E-state index in [2.05, 4.69) is 0 Å². The zero-order chi connectivity index (χ0) is 13.3. The number of carboxylic acids is 1. The maximum Gasteiger partial charge on any atom is 0.411 e. The highest BCUT2D eigenvalue weighted by Gasteiger charge is 2.49. The number of carbonyl (C=O) groups excluding carboxylic acids is 1. The maximum absolute atomic E-state index is 13.5. The third-order valence-electron chi connectivity index (χ3n) is 3.04. The zero-order valence-electron chi connectivity index (χ0n) is 9.72. The van der Waals surface area contributed by atoms with Gasteiger partial charge in [-0.25, -0.2) is 14.0 Å². The van der Waals surface area contributed by atoms with Crippen molar-refractivity contribution in [1.82, 2.24) is 4.90 Å². The van der Waals surface area contributed by atoms with Crippen LogP contribution in [0.2, 0.25) is 0 Å². The van der Waals surface area contributed by atoms with Gasteiger partial charge >= 0.3 is 12.1 Å². The Morgan fingerprint density at radius 2 is 2.22 bits per heavy atom. The van der Waals surface area contributed by atoms with Crippen molar-refractivity contribution in [3.05, 3.63) is 35.6 Å².